The van der Waals surface area contributed by atoms with Crippen molar-refractivity contribution in [3.63, 3.8) is 0 Å². The van der Waals surface area contributed by atoms with Gasteiger partial charge in [0.25, 0.3) is 0 Å². The summed E-state index contributed by atoms with van der Waals surface area (Å²) in [7, 11) is 2.06. The van der Waals surface area contributed by atoms with Gasteiger partial charge in [0.2, 0.25) is 0 Å². The normalized spacial score (nSPS) is 18.8. The van der Waals surface area contributed by atoms with Crippen LogP contribution in [0.4, 0.5) is 0 Å². The molecule has 1 unspecified atom stereocenters. The predicted octanol–water partition coefficient (Wildman–Crippen LogP) is 4.30. The van der Waals surface area contributed by atoms with Gasteiger partial charge >= 0.3 is 0 Å². The first-order valence-electron chi connectivity index (χ1n) is 7.19. The van der Waals surface area contributed by atoms with Crippen molar-refractivity contribution in [2.75, 3.05) is 13.6 Å². The Labute approximate surface area is 116 Å². The van der Waals surface area contributed by atoms with Crippen LogP contribution in [0, 0.1) is 11.8 Å². The van der Waals surface area contributed by atoms with E-state index in [2.05, 4.69) is 24.5 Å². The highest BCUT2D eigenvalue weighted by Crippen LogP contribution is 2.32. The van der Waals surface area contributed by atoms with Crippen LogP contribution in [0.2, 0.25) is 5.02 Å². The van der Waals surface area contributed by atoms with Crippen molar-refractivity contribution in [3.05, 3.63) is 34.9 Å². The molecule has 0 spiro atoms. The molecule has 1 aliphatic carbocycles. The second-order valence-corrected chi connectivity index (χ2v) is 5.92. The Hall–Kier alpha value is -0.530. The van der Waals surface area contributed by atoms with Crippen molar-refractivity contribution in [1.82, 2.24) is 5.32 Å². The highest BCUT2D eigenvalue weighted by Gasteiger charge is 2.23. The lowest BCUT2D eigenvalue weighted by Gasteiger charge is -2.30. The first-order valence-corrected chi connectivity index (χ1v) is 7.57. The summed E-state index contributed by atoms with van der Waals surface area (Å²) in [6.45, 7) is 1.11. The van der Waals surface area contributed by atoms with Gasteiger partial charge in [-0.15, -0.1) is 0 Å². The quantitative estimate of drug-likeness (QED) is 0.837. The average molecular weight is 266 g/mol. The average Bonchev–Trinajstić information content (AvgIpc) is 2.42. The Balaban J connectivity index is 2.03. The monoisotopic (exact) mass is 265 g/mol. The number of hydrogen-bond acceptors (Lipinski definition) is 1. The van der Waals surface area contributed by atoms with Crippen molar-refractivity contribution in [2.45, 2.75) is 38.5 Å². The van der Waals surface area contributed by atoms with Crippen molar-refractivity contribution in [1.29, 1.82) is 0 Å². The summed E-state index contributed by atoms with van der Waals surface area (Å²) >= 11 is 6.29. The minimum Gasteiger partial charge on any atom is -0.319 e. The molecule has 0 heterocycles. The van der Waals surface area contributed by atoms with Gasteiger partial charge in [0.1, 0.15) is 0 Å². The maximum atomic E-state index is 6.29. The lowest BCUT2D eigenvalue weighted by Crippen LogP contribution is -2.29. The second kappa shape index (κ2) is 7.16. The maximum absolute atomic E-state index is 6.29. The van der Waals surface area contributed by atoms with E-state index in [0.29, 0.717) is 0 Å². The Kier molecular flexibility index (Phi) is 5.52. The fourth-order valence-electron chi connectivity index (χ4n) is 3.22. The Morgan fingerprint density at radius 2 is 1.94 bits per heavy atom. The van der Waals surface area contributed by atoms with Crippen LogP contribution < -0.4 is 5.32 Å². The standard InChI is InChI=1S/C16H24ClN/c1-18-12-15(13-7-3-2-4-8-13)11-14-9-5-6-10-16(14)17/h5-6,9-10,13,15,18H,2-4,7-8,11-12H2,1H3. The van der Waals surface area contributed by atoms with Crippen LogP contribution in [-0.2, 0) is 6.42 Å². The van der Waals surface area contributed by atoms with Gasteiger partial charge in [0.15, 0.2) is 0 Å². The zero-order chi connectivity index (χ0) is 12.8. The van der Waals surface area contributed by atoms with Crippen LogP contribution in [0.25, 0.3) is 0 Å². The largest absolute Gasteiger partial charge is 0.319 e. The summed E-state index contributed by atoms with van der Waals surface area (Å²) in [6, 6.07) is 8.29. The van der Waals surface area contributed by atoms with E-state index in [1.54, 1.807) is 0 Å². The summed E-state index contributed by atoms with van der Waals surface area (Å²) in [5.41, 5.74) is 1.31. The Morgan fingerprint density at radius 3 is 2.61 bits per heavy atom. The molecule has 18 heavy (non-hydrogen) atoms. The third kappa shape index (κ3) is 3.73. The van der Waals surface area contributed by atoms with Gasteiger partial charge in [-0.1, -0.05) is 61.9 Å². The molecule has 1 atom stereocenters. The molecule has 1 N–H and O–H groups in total. The molecule has 2 heteroatoms. The molecule has 1 nitrogen and oxygen atoms in total. The predicted molar refractivity (Wildman–Crippen MR) is 79.1 cm³/mol. The molecule has 0 aliphatic heterocycles. The number of nitrogens with one attached hydrogen (secondary N) is 1. The SMILES string of the molecule is CNCC(Cc1ccccc1Cl)C1CCCCC1. The number of rotatable bonds is 5. The van der Waals surface area contributed by atoms with E-state index < -0.39 is 0 Å². The fourth-order valence-corrected chi connectivity index (χ4v) is 3.43. The first kappa shape index (κ1) is 13.9. The van der Waals surface area contributed by atoms with Gasteiger partial charge in [-0.25, -0.2) is 0 Å². The molecule has 1 aliphatic rings. The minimum atomic E-state index is 0.732. The molecule has 1 aromatic rings. The van der Waals surface area contributed by atoms with Gasteiger partial charge in [-0.3, -0.25) is 0 Å². The summed E-state index contributed by atoms with van der Waals surface area (Å²) in [5, 5.41) is 4.29. The molecule has 0 radical (unpaired) electrons. The smallest absolute Gasteiger partial charge is 0.0438 e. The van der Waals surface area contributed by atoms with Crippen molar-refractivity contribution < 1.29 is 0 Å². The molecule has 0 amide bonds. The van der Waals surface area contributed by atoms with Crippen LogP contribution in [-0.4, -0.2) is 13.6 Å². The number of halogens is 1. The highest BCUT2D eigenvalue weighted by molar-refractivity contribution is 6.31. The molecular formula is C16H24ClN. The molecule has 1 aromatic carbocycles. The van der Waals surface area contributed by atoms with Crippen LogP contribution in [0.15, 0.2) is 24.3 Å². The van der Waals surface area contributed by atoms with Crippen LogP contribution in [0.3, 0.4) is 0 Å². The molecule has 0 saturated heterocycles. The van der Waals surface area contributed by atoms with Crippen LogP contribution in [0.1, 0.15) is 37.7 Å². The highest BCUT2D eigenvalue weighted by atomic mass is 35.5. The minimum absolute atomic E-state index is 0.732. The van der Waals surface area contributed by atoms with Gasteiger partial charge in [0.05, 0.1) is 0 Å². The van der Waals surface area contributed by atoms with Gasteiger partial charge in [-0.2, -0.15) is 0 Å². The van der Waals surface area contributed by atoms with E-state index in [9.17, 15) is 0 Å². The van der Waals surface area contributed by atoms with E-state index in [4.69, 9.17) is 11.6 Å². The molecule has 1 fully saturated rings. The van der Waals surface area contributed by atoms with Crippen molar-refractivity contribution >= 4 is 11.6 Å². The van der Waals surface area contributed by atoms with Crippen LogP contribution >= 0.6 is 11.6 Å². The Bertz CT molecular complexity index is 358. The number of benzene rings is 1. The number of hydrogen-bond donors (Lipinski definition) is 1. The Morgan fingerprint density at radius 1 is 1.22 bits per heavy atom. The fraction of sp³-hybridized carbons (Fsp3) is 0.625. The molecule has 0 bridgehead atoms. The van der Waals surface area contributed by atoms with Gasteiger partial charge in [0, 0.05) is 5.02 Å². The zero-order valence-corrected chi connectivity index (χ0v) is 12.0. The molecule has 2 rings (SSSR count). The third-order valence-electron chi connectivity index (χ3n) is 4.22. The van der Waals surface area contributed by atoms with Crippen molar-refractivity contribution in [3.8, 4) is 0 Å². The van der Waals surface area contributed by atoms with E-state index >= 15 is 0 Å². The van der Waals surface area contributed by atoms with E-state index in [1.165, 1.54) is 37.7 Å². The molecule has 0 aromatic heterocycles. The van der Waals surface area contributed by atoms with Crippen LogP contribution in [0.5, 0.6) is 0 Å². The van der Waals surface area contributed by atoms with E-state index in [0.717, 1.165) is 29.8 Å². The molecule has 1 saturated carbocycles. The third-order valence-corrected chi connectivity index (χ3v) is 4.59. The second-order valence-electron chi connectivity index (χ2n) is 5.51. The summed E-state index contributed by atoms with van der Waals surface area (Å²) < 4.78 is 0. The van der Waals surface area contributed by atoms with Gasteiger partial charge < -0.3 is 5.32 Å². The first-order chi connectivity index (χ1) is 8.81. The summed E-state index contributed by atoms with van der Waals surface area (Å²) in [5.74, 6) is 1.61. The molecular weight excluding hydrogens is 242 g/mol. The summed E-state index contributed by atoms with van der Waals surface area (Å²) in [4.78, 5) is 0. The maximum Gasteiger partial charge on any atom is 0.0438 e. The molecule has 100 valence electrons. The summed E-state index contributed by atoms with van der Waals surface area (Å²) in [6.07, 6.45) is 8.16. The van der Waals surface area contributed by atoms with Crippen molar-refractivity contribution in [2.24, 2.45) is 11.8 Å². The lowest BCUT2D eigenvalue weighted by molar-refractivity contribution is 0.243. The van der Waals surface area contributed by atoms with E-state index in [1.807, 2.05) is 12.1 Å². The topological polar surface area (TPSA) is 12.0 Å². The van der Waals surface area contributed by atoms with E-state index in [-0.39, 0.29) is 0 Å². The van der Waals surface area contributed by atoms with Gasteiger partial charge in [-0.05, 0) is 43.5 Å². The lowest BCUT2D eigenvalue weighted by atomic mass is 9.77. The zero-order valence-electron chi connectivity index (χ0n) is 11.3.